The van der Waals surface area contributed by atoms with Gasteiger partial charge in [-0.1, -0.05) is 18.7 Å². The van der Waals surface area contributed by atoms with Gasteiger partial charge in [0.25, 0.3) is 0 Å². The van der Waals surface area contributed by atoms with Crippen LogP contribution in [-0.2, 0) is 11.3 Å². The topological polar surface area (TPSA) is 110 Å². The zero-order chi connectivity index (χ0) is 30.6. The molecular weight excluding hydrogens is 661 g/mol. The van der Waals surface area contributed by atoms with Gasteiger partial charge in [0.1, 0.15) is 18.1 Å². The van der Waals surface area contributed by atoms with Crippen LogP contribution in [0.2, 0.25) is 0 Å². The van der Waals surface area contributed by atoms with Gasteiger partial charge in [-0.3, -0.25) is 9.36 Å². The number of carbonyl (C=O) groups is 1. The van der Waals surface area contributed by atoms with E-state index in [-0.39, 0.29) is 17.7 Å². The van der Waals surface area contributed by atoms with Gasteiger partial charge in [0.15, 0.2) is 0 Å². The molecule has 0 fully saturated rings. The molecule has 1 amide bonds. The fourth-order valence-electron chi connectivity index (χ4n) is 4.32. The Morgan fingerprint density at radius 3 is 2.50 bits per heavy atom. The van der Waals surface area contributed by atoms with Gasteiger partial charge in [0.2, 0.25) is 11.9 Å². The van der Waals surface area contributed by atoms with Gasteiger partial charge >= 0.3 is 9.62 Å². The average molecular weight is 693 g/mol. The SMILES string of the molecule is C=CC(=O)Nc1cc(Nc2nccc(-n3c(=O)n(CC(F)(F)I)c4ccccc43)n2)c(OC)cc1N(C)CCN(C)C. The van der Waals surface area contributed by atoms with E-state index in [1.807, 2.05) is 30.9 Å². The Hall–Kier alpha value is -4.05. The lowest BCUT2D eigenvalue weighted by Crippen LogP contribution is -2.29. The highest BCUT2D eigenvalue weighted by molar-refractivity contribution is 14.1. The van der Waals surface area contributed by atoms with E-state index in [2.05, 4.69) is 27.2 Å². The van der Waals surface area contributed by atoms with E-state index in [0.717, 1.165) is 39.4 Å². The van der Waals surface area contributed by atoms with Crippen molar-refractivity contribution in [2.75, 3.05) is 56.9 Å². The second-order valence-corrected chi connectivity index (χ2v) is 11.2. The Bertz CT molecular complexity index is 1670. The fourth-order valence-corrected chi connectivity index (χ4v) is 4.66. The fraction of sp³-hybridized carbons (Fsp3) is 0.286. The number of nitrogens with zero attached hydrogens (tertiary/aromatic N) is 6. The lowest BCUT2D eigenvalue weighted by atomic mass is 10.2. The highest BCUT2D eigenvalue weighted by Crippen LogP contribution is 2.38. The molecule has 0 aliphatic heterocycles. The molecule has 0 bridgehead atoms. The predicted molar refractivity (Wildman–Crippen MR) is 169 cm³/mol. The van der Waals surface area contributed by atoms with Crippen molar-refractivity contribution in [1.29, 1.82) is 0 Å². The number of para-hydroxylation sites is 2. The second kappa shape index (κ2) is 12.9. The van der Waals surface area contributed by atoms with Crippen LogP contribution < -0.4 is 26.0 Å². The van der Waals surface area contributed by atoms with Gasteiger partial charge in [0.05, 0.1) is 35.2 Å². The third-order valence-electron chi connectivity index (χ3n) is 6.34. The molecule has 0 aliphatic carbocycles. The van der Waals surface area contributed by atoms with Crippen LogP contribution in [0.25, 0.3) is 16.9 Å². The van der Waals surface area contributed by atoms with Crippen molar-refractivity contribution in [3.8, 4) is 11.6 Å². The Kier molecular flexibility index (Phi) is 9.46. The van der Waals surface area contributed by atoms with Crippen LogP contribution in [0.1, 0.15) is 0 Å². The van der Waals surface area contributed by atoms with E-state index in [1.54, 1.807) is 36.4 Å². The lowest BCUT2D eigenvalue weighted by Gasteiger charge is -2.26. The average Bonchev–Trinajstić information content (AvgIpc) is 3.21. The van der Waals surface area contributed by atoms with E-state index in [0.29, 0.717) is 34.7 Å². The number of likely N-dealkylation sites (N-methyl/N-ethyl adjacent to an activating group) is 2. The number of anilines is 4. The lowest BCUT2D eigenvalue weighted by molar-refractivity contribution is -0.111. The number of hydrogen-bond donors (Lipinski definition) is 2. The van der Waals surface area contributed by atoms with Crippen LogP contribution in [0.15, 0.2) is 66.1 Å². The van der Waals surface area contributed by atoms with Gasteiger partial charge < -0.3 is 25.2 Å². The van der Waals surface area contributed by atoms with Crippen LogP contribution >= 0.6 is 22.6 Å². The van der Waals surface area contributed by atoms with Crippen molar-refractivity contribution in [2.24, 2.45) is 0 Å². The van der Waals surface area contributed by atoms with E-state index < -0.39 is 16.2 Å². The molecule has 0 aliphatic rings. The van der Waals surface area contributed by atoms with Crippen molar-refractivity contribution < 1.29 is 18.3 Å². The molecular formula is C28H31F2IN8O3. The summed E-state index contributed by atoms with van der Waals surface area (Å²) in [5, 5.41) is 5.93. The molecule has 0 atom stereocenters. The molecule has 222 valence electrons. The standard InChI is InChI=1S/C28H31F2IN8O3/c1-6-25(40)33-18-15-19(23(42-5)16-22(18)37(4)14-13-36(2)3)34-26-32-12-11-24(35-26)39-21-10-8-7-9-20(21)38(27(39)41)17-28(29,30)31/h6-12,15-16H,1,13-14,17H2,2-5H3,(H,33,40)(H,32,34,35). The second-order valence-electron chi connectivity index (χ2n) is 9.66. The van der Waals surface area contributed by atoms with Crippen molar-refractivity contribution in [3.63, 3.8) is 0 Å². The number of imidazole rings is 1. The van der Waals surface area contributed by atoms with Crippen LogP contribution in [0.4, 0.5) is 31.8 Å². The summed E-state index contributed by atoms with van der Waals surface area (Å²) in [6, 6.07) is 11.7. The summed E-state index contributed by atoms with van der Waals surface area (Å²) < 4.78 is 32.7. The van der Waals surface area contributed by atoms with Crippen molar-refractivity contribution >= 4 is 62.5 Å². The number of rotatable bonds is 12. The Morgan fingerprint density at radius 2 is 1.86 bits per heavy atom. The number of amides is 1. The zero-order valence-corrected chi connectivity index (χ0v) is 25.7. The smallest absolute Gasteiger partial charge is 0.335 e. The minimum Gasteiger partial charge on any atom is -0.494 e. The summed E-state index contributed by atoms with van der Waals surface area (Å²) in [6.45, 7) is 4.20. The molecule has 0 saturated heterocycles. The van der Waals surface area contributed by atoms with Gasteiger partial charge in [-0.25, -0.2) is 14.3 Å². The third-order valence-corrected chi connectivity index (χ3v) is 6.69. The molecule has 0 saturated carbocycles. The molecule has 2 heterocycles. The summed E-state index contributed by atoms with van der Waals surface area (Å²) in [5.41, 5.74) is 1.78. The number of hydrogen-bond acceptors (Lipinski definition) is 8. The monoisotopic (exact) mass is 692 g/mol. The van der Waals surface area contributed by atoms with Crippen molar-refractivity contribution in [2.45, 2.75) is 10.5 Å². The third kappa shape index (κ3) is 7.05. The first-order valence-corrected chi connectivity index (χ1v) is 13.9. The minimum atomic E-state index is -3.13. The Balaban J connectivity index is 1.76. The molecule has 4 rings (SSSR count). The maximum atomic E-state index is 13.9. The maximum Gasteiger partial charge on any atom is 0.335 e. The summed E-state index contributed by atoms with van der Waals surface area (Å²) in [4.78, 5) is 38.4. The van der Waals surface area contributed by atoms with Gasteiger partial charge in [-0.2, -0.15) is 13.8 Å². The largest absolute Gasteiger partial charge is 0.494 e. The molecule has 42 heavy (non-hydrogen) atoms. The molecule has 2 N–H and O–H groups in total. The predicted octanol–water partition coefficient (Wildman–Crippen LogP) is 4.48. The Morgan fingerprint density at radius 1 is 1.14 bits per heavy atom. The van der Waals surface area contributed by atoms with E-state index in [4.69, 9.17) is 4.74 Å². The number of aromatic nitrogens is 4. The van der Waals surface area contributed by atoms with Crippen LogP contribution in [0.5, 0.6) is 5.75 Å². The highest BCUT2D eigenvalue weighted by Gasteiger charge is 2.28. The summed E-state index contributed by atoms with van der Waals surface area (Å²) in [6.07, 6.45) is 2.63. The van der Waals surface area contributed by atoms with Crippen LogP contribution in [0.3, 0.4) is 0 Å². The summed E-state index contributed by atoms with van der Waals surface area (Å²) in [7, 11) is 7.37. The van der Waals surface area contributed by atoms with Crippen molar-refractivity contribution in [3.05, 3.63) is 71.8 Å². The molecule has 14 heteroatoms. The first-order valence-electron chi connectivity index (χ1n) is 12.8. The van der Waals surface area contributed by atoms with E-state index in [9.17, 15) is 18.4 Å². The molecule has 2 aromatic carbocycles. The quantitative estimate of drug-likeness (QED) is 0.127. The molecule has 2 aromatic heterocycles. The summed E-state index contributed by atoms with van der Waals surface area (Å²) in [5.74, 6) is 0.358. The number of halogens is 3. The van der Waals surface area contributed by atoms with Gasteiger partial charge in [0, 0.05) is 61.1 Å². The first-order chi connectivity index (χ1) is 19.9. The van der Waals surface area contributed by atoms with Gasteiger partial charge in [-0.05, 0) is 38.4 Å². The minimum absolute atomic E-state index is 0.114. The van der Waals surface area contributed by atoms with Gasteiger partial charge in [-0.15, -0.1) is 0 Å². The zero-order valence-electron chi connectivity index (χ0n) is 23.6. The molecule has 0 unspecified atom stereocenters. The number of fused-ring (bicyclic) bond motifs is 1. The summed E-state index contributed by atoms with van der Waals surface area (Å²) >= 11 is 1.02. The number of benzene rings is 2. The number of nitrogens with one attached hydrogen (secondary N) is 2. The first kappa shape index (κ1) is 30.9. The molecule has 0 spiro atoms. The normalized spacial score (nSPS) is 11.5. The van der Waals surface area contributed by atoms with E-state index >= 15 is 0 Å². The molecule has 4 aromatic rings. The van der Waals surface area contributed by atoms with Crippen LogP contribution in [0, 0.1) is 0 Å². The Labute approximate surface area is 254 Å². The van der Waals surface area contributed by atoms with Crippen LogP contribution in [-0.4, -0.2) is 75.2 Å². The maximum absolute atomic E-state index is 13.9. The molecule has 11 nitrogen and oxygen atoms in total. The highest BCUT2D eigenvalue weighted by atomic mass is 127. The van der Waals surface area contributed by atoms with E-state index in [1.165, 1.54) is 30.0 Å². The number of methoxy groups -OCH3 is 1. The number of ether oxygens (including phenoxy) is 1. The number of carbonyl (C=O) groups excluding carboxylic acids is 1. The number of alkyl halides is 3. The van der Waals surface area contributed by atoms with Crippen molar-refractivity contribution in [1.82, 2.24) is 24.0 Å². The molecule has 0 radical (unpaired) electrons.